The van der Waals surface area contributed by atoms with Gasteiger partial charge in [0.15, 0.2) is 0 Å². The maximum Gasteiger partial charge on any atom is 0.490 e. The van der Waals surface area contributed by atoms with E-state index in [1.807, 2.05) is 78.9 Å². The number of nitrogens with zero attached hydrogens (tertiary/aromatic N) is 2. The number of hydrogen-bond acceptors (Lipinski definition) is 6. The lowest BCUT2D eigenvalue weighted by atomic mass is 9.99. The van der Waals surface area contributed by atoms with E-state index in [-0.39, 0.29) is 18.6 Å². The van der Waals surface area contributed by atoms with Crippen LogP contribution in [0.15, 0.2) is 90.0 Å². The summed E-state index contributed by atoms with van der Waals surface area (Å²) in [5, 5.41) is 15.6. The van der Waals surface area contributed by atoms with Gasteiger partial charge in [-0.05, 0) is 69.8 Å². The Morgan fingerprint density at radius 1 is 0.953 bits per heavy atom. The third kappa shape index (κ3) is 8.32. The number of benzene rings is 4. The van der Waals surface area contributed by atoms with Crippen LogP contribution in [0.2, 0.25) is 0 Å². The molecule has 0 unspecified atom stereocenters. The van der Waals surface area contributed by atoms with Crippen molar-refractivity contribution in [3.63, 3.8) is 0 Å². The van der Waals surface area contributed by atoms with E-state index in [1.54, 1.807) is 17.2 Å². The minimum Gasteiger partial charge on any atom is -0.475 e. The first-order chi connectivity index (χ1) is 20.5. The number of alkyl halides is 3. The largest absolute Gasteiger partial charge is 0.490 e. The van der Waals surface area contributed by atoms with Crippen molar-refractivity contribution in [3.05, 3.63) is 113 Å². The minimum absolute atomic E-state index is 0.175. The first-order valence-electron chi connectivity index (χ1n) is 13.0. The molecule has 2 amide bonds. The van der Waals surface area contributed by atoms with Crippen molar-refractivity contribution in [2.24, 2.45) is 10.9 Å². The summed E-state index contributed by atoms with van der Waals surface area (Å²) in [6, 6.07) is 26.9. The van der Waals surface area contributed by atoms with Crippen LogP contribution in [-0.2, 0) is 29.1 Å². The molecular formula is C31H27F3N4O5. The Bertz CT molecular complexity index is 1660. The van der Waals surface area contributed by atoms with Gasteiger partial charge in [0.1, 0.15) is 6.61 Å². The van der Waals surface area contributed by atoms with Crippen molar-refractivity contribution in [1.29, 1.82) is 0 Å². The number of carboxylic acid groups (broad SMARTS) is 1. The molecule has 1 aliphatic heterocycles. The number of carboxylic acids is 1. The number of carbonyl (C=O) groups is 3. The van der Waals surface area contributed by atoms with Crippen LogP contribution in [0, 0.1) is 0 Å². The van der Waals surface area contributed by atoms with Crippen LogP contribution < -0.4 is 11.2 Å². The lowest BCUT2D eigenvalue weighted by Crippen LogP contribution is -2.36. The monoisotopic (exact) mass is 592 g/mol. The third-order valence-corrected chi connectivity index (χ3v) is 6.53. The van der Waals surface area contributed by atoms with E-state index in [2.05, 4.69) is 10.4 Å². The molecule has 0 saturated heterocycles. The van der Waals surface area contributed by atoms with Crippen molar-refractivity contribution < 1.29 is 37.4 Å². The van der Waals surface area contributed by atoms with Gasteiger partial charge in [-0.1, -0.05) is 54.6 Å². The molecule has 5 rings (SSSR count). The van der Waals surface area contributed by atoms with Crippen LogP contribution in [0.4, 0.5) is 23.7 Å². The Hall–Kier alpha value is -5.39. The summed E-state index contributed by atoms with van der Waals surface area (Å²) in [4.78, 5) is 36.0. The topological polar surface area (TPSA) is 134 Å². The quantitative estimate of drug-likeness (QED) is 0.154. The second-order valence-corrected chi connectivity index (χ2v) is 9.55. The summed E-state index contributed by atoms with van der Waals surface area (Å²) in [6.45, 7) is 1.31. The molecule has 0 radical (unpaired) electrons. The number of amides is 2. The van der Waals surface area contributed by atoms with Crippen LogP contribution in [0.3, 0.4) is 0 Å². The highest BCUT2D eigenvalue weighted by atomic mass is 19.4. The number of rotatable bonds is 5. The van der Waals surface area contributed by atoms with Crippen molar-refractivity contribution in [2.75, 3.05) is 11.9 Å². The lowest BCUT2D eigenvalue weighted by Gasteiger charge is -2.28. The van der Waals surface area contributed by atoms with Gasteiger partial charge in [-0.25, -0.2) is 9.59 Å². The number of hydrogen-bond donors (Lipinski definition) is 3. The average molecular weight is 593 g/mol. The maximum atomic E-state index is 12.9. The first kappa shape index (κ1) is 30.6. The zero-order valence-electron chi connectivity index (χ0n) is 22.7. The van der Waals surface area contributed by atoms with E-state index < -0.39 is 12.1 Å². The number of halogens is 3. The molecule has 1 aliphatic rings. The van der Waals surface area contributed by atoms with Crippen LogP contribution in [0.5, 0.6) is 0 Å². The fourth-order valence-corrected chi connectivity index (χ4v) is 4.37. The molecule has 222 valence electrons. The molecule has 0 atom stereocenters. The third-order valence-electron chi connectivity index (χ3n) is 6.53. The van der Waals surface area contributed by atoms with E-state index in [0.29, 0.717) is 25.1 Å². The summed E-state index contributed by atoms with van der Waals surface area (Å²) in [7, 11) is 0. The van der Waals surface area contributed by atoms with Crippen LogP contribution in [-0.4, -0.2) is 46.9 Å². The van der Waals surface area contributed by atoms with Gasteiger partial charge in [-0.15, -0.1) is 0 Å². The fourth-order valence-electron chi connectivity index (χ4n) is 4.37. The number of ether oxygens (including phenoxy) is 1. The summed E-state index contributed by atoms with van der Waals surface area (Å²) in [5.41, 5.74) is 5.34. The smallest absolute Gasteiger partial charge is 0.475 e. The molecular weight excluding hydrogens is 565 g/mol. The first-order valence-corrected chi connectivity index (χ1v) is 13.0. The Morgan fingerprint density at radius 2 is 1.65 bits per heavy atom. The van der Waals surface area contributed by atoms with Crippen molar-refractivity contribution in [2.45, 2.75) is 25.7 Å². The second-order valence-electron chi connectivity index (χ2n) is 9.55. The molecule has 0 aromatic heterocycles. The van der Waals surface area contributed by atoms with E-state index in [1.165, 1.54) is 0 Å². The number of carbonyl (C=O) groups excluding carboxylic acids is 2. The van der Waals surface area contributed by atoms with Gasteiger partial charge in [0.2, 0.25) is 0 Å². The van der Waals surface area contributed by atoms with E-state index in [4.69, 9.17) is 20.5 Å². The summed E-state index contributed by atoms with van der Waals surface area (Å²) in [5.74, 6) is 2.30. The van der Waals surface area contributed by atoms with Crippen LogP contribution in [0.25, 0.3) is 10.8 Å². The van der Waals surface area contributed by atoms with Gasteiger partial charge in [0.05, 0.1) is 6.21 Å². The zero-order chi connectivity index (χ0) is 31.0. The molecule has 1 heterocycles. The molecule has 12 heteroatoms. The highest BCUT2D eigenvalue weighted by Crippen LogP contribution is 2.24. The fraction of sp³-hybridized carbons (Fsp3) is 0.161. The number of nitrogens with two attached hydrogens (primary N) is 1. The Kier molecular flexibility index (Phi) is 9.61. The van der Waals surface area contributed by atoms with E-state index >= 15 is 0 Å². The number of aliphatic carboxylic acids is 1. The predicted octanol–water partition coefficient (Wildman–Crippen LogP) is 5.71. The summed E-state index contributed by atoms with van der Waals surface area (Å²) >= 11 is 0. The molecule has 9 nitrogen and oxygen atoms in total. The summed E-state index contributed by atoms with van der Waals surface area (Å²) < 4.78 is 37.2. The molecule has 4 aromatic rings. The number of fused-ring (bicyclic) bond motifs is 2. The molecule has 0 fully saturated rings. The van der Waals surface area contributed by atoms with E-state index in [0.717, 1.165) is 38.7 Å². The van der Waals surface area contributed by atoms with Crippen LogP contribution in [0.1, 0.15) is 32.6 Å². The number of hydrazone groups is 1. The van der Waals surface area contributed by atoms with Gasteiger partial charge < -0.3 is 25.9 Å². The highest BCUT2D eigenvalue weighted by Gasteiger charge is 2.38. The van der Waals surface area contributed by atoms with Gasteiger partial charge >= 0.3 is 18.2 Å². The zero-order valence-corrected chi connectivity index (χ0v) is 22.7. The molecule has 0 bridgehead atoms. The van der Waals surface area contributed by atoms with Crippen molar-refractivity contribution in [1.82, 2.24) is 4.90 Å². The van der Waals surface area contributed by atoms with Gasteiger partial charge in [-0.2, -0.15) is 18.3 Å². The van der Waals surface area contributed by atoms with E-state index in [9.17, 15) is 22.8 Å². The Morgan fingerprint density at radius 3 is 2.35 bits per heavy atom. The molecule has 43 heavy (non-hydrogen) atoms. The van der Waals surface area contributed by atoms with Crippen molar-refractivity contribution in [3.8, 4) is 0 Å². The van der Waals surface area contributed by atoms with Gasteiger partial charge in [0.25, 0.3) is 5.91 Å². The normalized spacial score (nSPS) is 12.7. The highest BCUT2D eigenvalue weighted by molar-refractivity contribution is 6.06. The Balaban J connectivity index is 0.000000541. The molecule has 0 spiro atoms. The molecule has 4 N–H and O–H groups in total. The molecule has 0 saturated carbocycles. The standard InChI is InChI=1S/C29H26N4O3.C2HF3O2/c30-31-17-21-6-7-23-15-25(9-8-22(23)14-21)28(34)32-27-11-10-26-18-33(13-12-24(26)16-27)29(35)36-19-20-4-2-1-3-5-20;3-2(4,5)1(6)7/h1-11,14-17H,12-13,18-19,30H2,(H,32,34);(H,6,7). The minimum atomic E-state index is -5.08. The second kappa shape index (κ2) is 13.5. The number of nitrogens with one attached hydrogen (secondary N) is 1. The summed E-state index contributed by atoms with van der Waals surface area (Å²) in [6.07, 6.45) is -3.12. The predicted molar refractivity (Wildman–Crippen MR) is 155 cm³/mol. The maximum absolute atomic E-state index is 12.9. The van der Waals surface area contributed by atoms with Crippen LogP contribution >= 0.6 is 0 Å². The lowest BCUT2D eigenvalue weighted by molar-refractivity contribution is -0.192. The van der Waals surface area contributed by atoms with Crippen molar-refractivity contribution >= 4 is 40.6 Å². The van der Waals surface area contributed by atoms with Gasteiger partial charge in [-0.3, -0.25) is 4.79 Å². The van der Waals surface area contributed by atoms with Gasteiger partial charge in [0, 0.05) is 24.3 Å². The Labute approximate surface area is 244 Å². The molecule has 0 aliphatic carbocycles. The number of anilines is 1. The average Bonchev–Trinajstić information content (AvgIpc) is 2.99. The molecule has 4 aromatic carbocycles. The SMILES string of the molecule is NN=Cc1ccc2cc(C(=O)Nc3ccc4c(c3)CCN(C(=O)OCc3ccccc3)C4)ccc2c1.O=C(O)C(F)(F)F.